The van der Waals surface area contributed by atoms with Crippen molar-refractivity contribution in [2.45, 2.75) is 6.42 Å². The first-order valence-corrected chi connectivity index (χ1v) is 6.28. The van der Waals surface area contributed by atoms with E-state index in [0.29, 0.717) is 6.54 Å². The number of benzene rings is 2. The minimum absolute atomic E-state index is 0. The minimum Gasteiger partial charge on any atom is -0.330 e. The van der Waals surface area contributed by atoms with Gasteiger partial charge in [0.15, 0.2) is 0 Å². The Labute approximate surface area is 122 Å². The van der Waals surface area contributed by atoms with Crippen LogP contribution in [0.5, 0.6) is 0 Å². The standard InChI is InChI=1S/C15H15N3O.ClH/c16-9-8-10-4-6-11(7-5-10)12-2-1-3-13-14(12)18-15(19)17-13;/h1-7H,8-9,16H2,(H2,17,18,19);1H. The molecule has 0 aliphatic rings. The summed E-state index contributed by atoms with van der Waals surface area (Å²) in [6.45, 7) is 0.653. The monoisotopic (exact) mass is 289 g/mol. The zero-order chi connectivity index (χ0) is 13.2. The van der Waals surface area contributed by atoms with Crippen LogP contribution in [0, 0.1) is 0 Å². The van der Waals surface area contributed by atoms with Gasteiger partial charge in [-0.3, -0.25) is 0 Å². The van der Waals surface area contributed by atoms with Gasteiger partial charge in [-0.2, -0.15) is 0 Å². The fourth-order valence-electron chi connectivity index (χ4n) is 2.32. The molecule has 0 amide bonds. The molecule has 0 saturated carbocycles. The smallest absolute Gasteiger partial charge is 0.323 e. The van der Waals surface area contributed by atoms with Gasteiger partial charge in [-0.15, -0.1) is 12.4 Å². The van der Waals surface area contributed by atoms with Gasteiger partial charge < -0.3 is 15.7 Å². The molecule has 0 aliphatic carbocycles. The number of imidazole rings is 1. The number of nitrogens with two attached hydrogens (primary N) is 1. The molecule has 4 N–H and O–H groups in total. The first-order valence-electron chi connectivity index (χ1n) is 6.28. The van der Waals surface area contributed by atoms with Gasteiger partial charge in [-0.1, -0.05) is 36.4 Å². The Balaban J connectivity index is 0.00000147. The van der Waals surface area contributed by atoms with E-state index in [2.05, 4.69) is 34.2 Å². The summed E-state index contributed by atoms with van der Waals surface area (Å²) in [6.07, 6.45) is 0.880. The van der Waals surface area contributed by atoms with E-state index < -0.39 is 0 Å². The predicted molar refractivity (Wildman–Crippen MR) is 84.4 cm³/mol. The number of hydrogen-bond acceptors (Lipinski definition) is 2. The van der Waals surface area contributed by atoms with Crippen molar-refractivity contribution in [2.24, 2.45) is 5.73 Å². The molecule has 1 heterocycles. The largest absolute Gasteiger partial charge is 0.330 e. The van der Waals surface area contributed by atoms with Crippen molar-refractivity contribution in [3.8, 4) is 11.1 Å². The summed E-state index contributed by atoms with van der Waals surface area (Å²) in [6, 6.07) is 14.1. The van der Waals surface area contributed by atoms with Crippen LogP contribution in [0.2, 0.25) is 0 Å². The maximum Gasteiger partial charge on any atom is 0.323 e. The molecule has 104 valence electrons. The second-order valence-corrected chi connectivity index (χ2v) is 4.54. The van der Waals surface area contributed by atoms with Crippen LogP contribution in [0.3, 0.4) is 0 Å². The van der Waals surface area contributed by atoms with E-state index in [4.69, 9.17) is 5.73 Å². The van der Waals surface area contributed by atoms with Crippen LogP contribution in [-0.2, 0) is 6.42 Å². The van der Waals surface area contributed by atoms with Gasteiger partial charge in [0.25, 0.3) is 0 Å². The Kier molecular flexibility index (Phi) is 4.27. The number of fused-ring (bicyclic) bond motifs is 1. The topological polar surface area (TPSA) is 74.7 Å². The molecule has 3 aromatic rings. The fourth-order valence-corrected chi connectivity index (χ4v) is 2.32. The second kappa shape index (κ2) is 5.94. The summed E-state index contributed by atoms with van der Waals surface area (Å²) in [5.41, 5.74) is 10.4. The summed E-state index contributed by atoms with van der Waals surface area (Å²) < 4.78 is 0. The molecule has 0 saturated heterocycles. The van der Waals surface area contributed by atoms with Gasteiger partial charge in [0.2, 0.25) is 0 Å². The van der Waals surface area contributed by atoms with E-state index in [9.17, 15) is 4.79 Å². The third kappa shape index (κ3) is 2.61. The van der Waals surface area contributed by atoms with Crippen molar-refractivity contribution in [1.82, 2.24) is 9.97 Å². The van der Waals surface area contributed by atoms with Crippen LogP contribution in [0.4, 0.5) is 0 Å². The number of H-pyrrole nitrogens is 2. The zero-order valence-electron chi connectivity index (χ0n) is 10.8. The van der Waals surface area contributed by atoms with E-state index in [1.54, 1.807) is 0 Å². The number of nitrogens with one attached hydrogen (secondary N) is 2. The van der Waals surface area contributed by atoms with Crippen molar-refractivity contribution in [3.05, 3.63) is 58.5 Å². The summed E-state index contributed by atoms with van der Waals surface area (Å²) in [7, 11) is 0. The molecule has 5 heteroatoms. The van der Waals surface area contributed by atoms with Gasteiger partial charge in [-0.25, -0.2) is 4.79 Å². The molecule has 3 rings (SSSR count). The van der Waals surface area contributed by atoms with Crippen LogP contribution >= 0.6 is 12.4 Å². The van der Waals surface area contributed by atoms with Gasteiger partial charge in [-0.05, 0) is 30.2 Å². The molecule has 4 nitrogen and oxygen atoms in total. The van der Waals surface area contributed by atoms with Crippen molar-refractivity contribution >= 4 is 23.4 Å². The van der Waals surface area contributed by atoms with Crippen molar-refractivity contribution in [3.63, 3.8) is 0 Å². The lowest BCUT2D eigenvalue weighted by atomic mass is 10.0. The van der Waals surface area contributed by atoms with Crippen LogP contribution in [-0.4, -0.2) is 16.5 Å². The van der Waals surface area contributed by atoms with Crippen molar-refractivity contribution in [1.29, 1.82) is 0 Å². The number of aromatic amines is 2. The summed E-state index contributed by atoms with van der Waals surface area (Å²) in [5.74, 6) is 0. The highest BCUT2D eigenvalue weighted by Gasteiger charge is 2.06. The lowest BCUT2D eigenvalue weighted by Crippen LogP contribution is -2.02. The summed E-state index contributed by atoms with van der Waals surface area (Å²) in [5, 5.41) is 0. The number of halogens is 1. The molecule has 1 aromatic heterocycles. The highest BCUT2D eigenvalue weighted by Crippen LogP contribution is 2.25. The Bertz CT molecular complexity index is 759. The van der Waals surface area contributed by atoms with Crippen LogP contribution in [0.1, 0.15) is 5.56 Å². The van der Waals surface area contributed by atoms with E-state index in [-0.39, 0.29) is 18.1 Å². The maximum atomic E-state index is 11.4. The Morgan fingerprint density at radius 1 is 1.00 bits per heavy atom. The molecule has 2 aromatic carbocycles. The number of aromatic nitrogens is 2. The van der Waals surface area contributed by atoms with Crippen LogP contribution in [0.15, 0.2) is 47.3 Å². The molecule has 0 radical (unpaired) electrons. The zero-order valence-corrected chi connectivity index (χ0v) is 11.7. The van der Waals surface area contributed by atoms with E-state index in [0.717, 1.165) is 28.6 Å². The molecule has 20 heavy (non-hydrogen) atoms. The van der Waals surface area contributed by atoms with Crippen LogP contribution in [0.25, 0.3) is 22.2 Å². The highest BCUT2D eigenvalue weighted by atomic mass is 35.5. The number of rotatable bonds is 3. The molecular formula is C15H16ClN3O. The second-order valence-electron chi connectivity index (χ2n) is 4.54. The lowest BCUT2D eigenvalue weighted by molar-refractivity contribution is 0.969. The third-order valence-corrected chi connectivity index (χ3v) is 3.25. The first-order chi connectivity index (χ1) is 9.28. The first kappa shape index (κ1) is 14.4. The van der Waals surface area contributed by atoms with Crippen LogP contribution < -0.4 is 11.4 Å². The van der Waals surface area contributed by atoms with Crippen molar-refractivity contribution in [2.75, 3.05) is 6.54 Å². The molecule has 0 fully saturated rings. The van der Waals surface area contributed by atoms with E-state index in [1.807, 2.05) is 18.2 Å². The predicted octanol–water partition coefficient (Wildman–Crippen LogP) is 2.45. The molecule has 0 spiro atoms. The lowest BCUT2D eigenvalue weighted by Gasteiger charge is -2.05. The number of hydrogen-bond donors (Lipinski definition) is 3. The average Bonchev–Trinajstić information content (AvgIpc) is 2.80. The number of para-hydroxylation sites is 1. The van der Waals surface area contributed by atoms with Gasteiger partial charge in [0.05, 0.1) is 11.0 Å². The summed E-state index contributed by atoms with van der Waals surface area (Å²) >= 11 is 0. The Morgan fingerprint density at radius 3 is 2.45 bits per heavy atom. The average molecular weight is 290 g/mol. The molecule has 0 bridgehead atoms. The molecule has 0 atom stereocenters. The fraction of sp³-hybridized carbons (Fsp3) is 0.133. The summed E-state index contributed by atoms with van der Waals surface area (Å²) in [4.78, 5) is 17.0. The molecular weight excluding hydrogens is 274 g/mol. The molecule has 0 unspecified atom stereocenters. The quantitative estimate of drug-likeness (QED) is 0.693. The third-order valence-electron chi connectivity index (χ3n) is 3.25. The van der Waals surface area contributed by atoms with E-state index >= 15 is 0 Å². The Morgan fingerprint density at radius 2 is 1.75 bits per heavy atom. The van der Waals surface area contributed by atoms with Crippen molar-refractivity contribution < 1.29 is 0 Å². The van der Waals surface area contributed by atoms with Gasteiger partial charge in [0.1, 0.15) is 0 Å². The minimum atomic E-state index is -0.179. The Hall–Kier alpha value is -2.04. The SMILES string of the molecule is Cl.NCCc1ccc(-c2cccc3[nH]c(=O)[nH]c23)cc1. The van der Waals surface area contributed by atoms with Gasteiger partial charge >= 0.3 is 5.69 Å². The van der Waals surface area contributed by atoms with E-state index in [1.165, 1.54) is 5.56 Å². The van der Waals surface area contributed by atoms with Gasteiger partial charge in [0, 0.05) is 5.56 Å². The normalized spacial score (nSPS) is 10.4. The molecule has 0 aliphatic heterocycles. The highest BCUT2D eigenvalue weighted by molar-refractivity contribution is 5.91. The maximum absolute atomic E-state index is 11.4.